The minimum Gasteiger partial charge on any atom is -0.481 e. The number of ether oxygens (including phenoxy) is 1. The van der Waals surface area contributed by atoms with Crippen molar-refractivity contribution in [2.45, 2.75) is 155 Å². The number of aliphatic hydroxyl groups is 1. The normalized spacial score (nSPS) is 14.7. The molecule has 0 spiro atoms. The number of amides is 1. The molecular formula is C29H55NO6. The molecule has 0 radical (unpaired) electrons. The fraction of sp³-hybridized carbons (Fsp3) is 0.897. The first-order valence-electron chi connectivity index (χ1n) is 14.5. The Morgan fingerprint density at radius 2 is 1.31 bits per heavy atom. The summed E-state index contributed by atoms with van der Waals surface area (Å²) in [5, 5.41) is 22.3. The summed E-state index contributed by atoms with van der Waals surface area (Å²) < 4.78 is 5.51. The van der Waals surface area contributed by atoms with Gasteiger partial charge in [0.2, 0.25) is 6.41 Å². The minimum atomic E-state index is -0.864. The van der Waals surface area contributed by atoms with Crippen LogP contribution in [-0.4, -0.2) is 46.8 Å². The fourth-order valence-corrected chi connectivity index (χ4v) is 4.62. The molecule has 7 nitrogen and oxygen atoms in total. The number of hydrogen-bond donors (Lipinski definition) is 3. The van der Waals surface area contributed by atoms with Gasteiger partial charge < -0.3 is 20.3 Å². The summed E-state index contributed by atoms with van der Waals surface area (Å²) in [5.74, 6) is -1.54. The van der Waals surface area contributed by atoms with Crippen LogP contribution in [0.3, 0.4) is 0 Å². The van der Waals surface area contributed by atoms with Gasteiger partial charge in [0.05, 0.1) is 18.1 Å². The van der Waals surface area contributed by atoms with E-state index in [1.807, 2.05) is 20.8 Å². The number of unbranched alkanes of at least 4 members (excludes halogenated alkanes) is 11. The molecule has 4 atom stereocenters. The highest BCUT2D eigenvalue weighted by atomic mass is 16.5. The first-order valence-corrected chi connectivity index (χ1v) is 14.5. The number of carbonyl (C=O) groups excluding carboxylic acids is 2. The van der Waals surface area contributed by atoms with E-state index < -0.39 is 24.0 Å². The Hall–Kier alpha value is -1.63. The zero-order valence-electron chi connectivity index (χ0n) is 23.5. The number of carboxylic acid groups (broad SMARTS) is 1. The third kappa shape index (κ3) is 18.6. The molecule has 0 aliphatic heterocycles. The number of aliphatic carboxylic acids is 1. The number of rotatable bonds is 25. The summed E-state index contributed by atoms with van der Waals surface area (Å²) >= 11 is 0. The summed E-state index contributed by atoms with van der Waals surface area (Å²) in [6.07, 6.45) is 16.3. The first-order chi connectivity index (χ1) is 17.2. The molecule has 212 valence electrons. The second kappa shape index (κ2) is 22.6. The van der Waals surface area contributed by atoms with Crippen LogP contribution >= 0.6 is 0 Å². The zero-order chi connectivity index (χ0) is 27.2. The van der Waals surface area contributed by atoms with Gasteiger partial charge in [-0.2, -0.15) is 0 Å². The summed E-state index contributed by atoms with van der Waals surface area (Å²) in [4.78, 5) is 34.4. The third-order valence-electron chi connectivity index (χ3n) is 6.84. The van der Waals surface area contributed by atoms with Crippen molar-refractivity contribution >= 4 is 18.3 Å². The molecule has 0 aromatic heterocycles. The van der Waals surface area contributed by atoms with E-state index in [1.165, 1.54) is 25.7 Å². The van der Waals surface area contributed by atoms with Crippen molar-refractivity contribution in [3.63, 3.8) is 0 Å². The highest BCUT2D eigenvalue weighted by Crippen LogP contribution is 2.20. The van der Waals surface area contributed by atoms with Crippen molar-refractivity contribution in [2.24, 2.45) is 11.8 Å². The van der Waals surface area contributed by atoms with Crippen molar-refractivity contribution in [3.05, 3.63) is 0 Å². The Bertz CT molecular complexity index is 568. The lowest BCUT2D eigenvalue weighted by atomic mass is 9.91. The first kappa shape index (κ1) is 34.4. The molecule has 1 amide bonds. The van der Waals surface area contributed by atoms with E-state index in [-0.39, 0.29) is 12.1 Å². The second-order valence-electron chi connectivity index (χ2n) is 10.8. The maximum Gasteiger partial charge on any atom is 0.328 e. The Morgan fingerprint density at radius 3 is 1.81 bits per heavy atom. The van der Waals surface area contributed by atoms with Gasteiger partial charge in [-0.3, -0.25) is 9.59 Å². The van der Waals surface area contributed by atoms with Crippen molar-refractivity contribution in [2.75, 3.05) is 0 Å². The average molecular weight is 514 g/mol. The van der Waals surface area contributed by atoms with Gasteiger partial charge in [-0.05, 0) is 44.9 Å². The van der Waals surface area contributed by atoms with Gasteiger partial charge in [0.1, 0.15) is 6.04 Å². The molecule has 0 aromatic carbocycles. The number of hydrogen-bond acceptors (Lipinski definition) is 5. The van der Waals surface area contributed by atoms with Gasteiger partial charge in [-0.25, -0.2) is 4.79 Å². The van der Waals surface area contributed by atoms with Crippen molar-refractivity contribution < 1.29 is 29.3 Å². The highest BCUT2D eigenvalue weighted by molar-refractivity contribution is 5.78. The van der Waals surface area contributed by atoms with Gasteiger partial charge in [0.25, 0.3) is 0 Å². The molecule has 0 heterocycles. The van der Waals surface area contributed by atoms with Gasteiger partial charge >= 0.3 is 11.9 Å². The molecule has 0 aliphatic carbocycles. The van der Waals surface area contributed by atoms with E-state index in [0.29, 0.717) is 31.6 Å². The molecule has 0 rings (SSSR count). The monoisotopic (exact) mass is 513 g/mol. The lowest BCUT2D eigenvalue weighted by Crippen LogP contribution is -2.39. The average Bonchev–Trinajstić information content (AvgIpc) is 2.81. The SMILES string of the molecule is CCCCCCC(C(=O)O)C(O)CCCCCCCCCCCC(C)OC(=O)C(CC(C)C)NC=O. The summed E-state index contributed by atoms with van der Waals surface area (Å²) in [6, 6.07) is -0.567. The number of carboxylic acids is 1. The number of carbonyl (C=O) groups is 3. The predicted molar refractivity (Wildman–Crippen MR) is 145 cm³/mol. The maximum atomic E-state index is 12.2. The summed E-state index contributed by atoms with van der Waals surface area (Å²) in [6.45, 7) is 8.06. The predicted octanol–water partition coefficient (Wildman–Crippen LogP) is 6.40. The quantitative estimate of drug-likeness (QED) is 0.0739. The molecule has 0 saturated carbocycles. The van der Waals surface area contributed by atoms with Crippen LogP contribution in [0.25, 0.3) is 0 Å². The van der Waals surface area contributed by atoms with Crippen LogP contribution in [-0.2, 0) is 19.1 Å². The minimum absolute atomic E-state index is 0.145. The molecule has 0 fully saturated rings. The lowest BCUT2D eigenvalue weighted by molar-refractivity contribution is -0.152. The molecule has 7 heteroatoms. The number of nitrogens with one attached hydrogen (secondary N) is 1. The Kier molecular flexibility index (Phi) is 21.5. The van der Waals surface area contributed by atoms with Gasteiger partial charge in [-0.1, -0.05) is 97.8 Å². The Balaban J connectivity index is 3.78. The molecular weight excluding hydrogens is 458 g/mol. The maximum absolute atomic E-state index is 12.2. The van der Waals surface area contributed by atoms with Crippen LogP contribution in [0, 0.1) is 11.8 Å². The Morgan fingerprint density at radius 1 is 0.806 bits per heavy atom. The number of esters is 1. The van der Waals surface area contributed by atoms with E-state index >= 15 is 0 Å². The van der Waals surface area contributed by atoms with Gasteiger partial charge in [-0.15, -0.1) is 0 Å². The molecule has 4 unspecified atom stereocenters. The standard InChI is InChI=1S/C29H55NO6/c1-5-6-7-16-19-25(28(33)34)27(32)20-17-14-12-10-8-9-11-13-15-18-24(4)36-29(35)26(30-22-31)21-23(2)3/h22-27,32H,5-21H2,1-4H3,(H,30,31)(H,33,34). The molecule has 3 N–H and O–H groups in total. The molecule has 0 saturated heterocycles. The summed E-state index contributed by atoms with van der Waals surface area (Å²) in [7, 11) is 0. The van der Waals surface area contributed by atoms with Crippen molar-refractivity contribution in [1.82, 2.24) is 5.32 Å². The van der Waals surface area contributed by atoms with Crippen molar-refractivity contribution in [1.29, 1.82) is 0 Å². The number of aliphatic hydroxyl groups excluding tert-OH is 1. The van der Waals surface area contributed by atoms with Crippen LogP contribution in [0.1, 0.15) is 137 Å². The fourth-order valence-electron chi connectivity index (χ4n) is 4.62. The van der Waals surface area contributed by atoms with Gasteiger partial charge in [0, 0.05) is 0 Å². The van der Waals surface area contributed by atoms with Crippen LogP contribution in [0.2, 0.25) is 0 Å². The smallest absolute Gasteiger partial charge is 0.328 e. The van der Waals surface area contributed by atoms with Crippen LogP contribution in [0.4, 0.5) is 0 Å². The summed E-state index contributed by atoms with van der Waals surface area (Å²) in [5.41, 5.74) is 0. The molecule has 0 aliphatic rings. The third-order valence-corrected chi connectivity index (χ3v) is 6.84. The highest BCUT2D eigenvalue weighted by Gasteiger charge is 2.25. The molecule has 36 heavy (non-hydrogen) atoms. The Labute approximate surface area is 220 Å². The van der Waals surface area contributed by atoms with Gasteiger partial charge in [0.15, 0.2) is 0 Å². The largest absolute Gasteiger partial charge is 0.481 e. The van der Waals surface area contributed by atoms with Crippen molar-refractivity contribution in [3.8, 4) is 0 Å². The topological polar surface area (TPSA) is 113 Å². The van der Waals surface area contributed by atoms with Crippen LogP contribution < -0.4 is 5.32 Å². The lowest BCUT2D eigenvalue weighted by Gasteiger charge is -2.20. The van der Waals surface area contributed by atoms with E-state index in [9.17, 15) is 24.6 Å². The second-order valence-corrected chi connectivity index (χ2v) is 10.8. The molecule has 0 bridgehead atoms. The van der Waals surface area contributed by atoms with E-state index in [1.54, 1.807) is 0 Å². The van der Waals surface area contributed by atoms with Crippen LogP contribution in [0.5, 0.6) is 0 Å². The van der Waals surface area contributed by atoms with E-state index in [0.717, 1.165) is 64.2 Å². The van der Waals surface area contributed by atoms with E-state index in [2.05, 4.69) is 12.2 Å². The van der Waals surface area contributed by atoms with Crippen LogP contribution in [0.15, 0.2) is 0 Å². The van der Waals surface area contributed by atoms with E-state index in [4.69, 9.17) is 4.74 Å². The molecule has 0 aromatic rings. The zero-order valence-corrected chi connectivity index (χ0v) is 23.5.